The van der Waals surface area contributed by atoms with Crippen LogP contribution < -0.4 is 21.7 Å². The van der Waals surface area contributed by atoms with Gasteiger partial charge >= 0.3 is 12.3 Å². The second-order valence-corrected chi connectivity index (χ2v) is 6.53. The molecule has 0 radical (unpaired) electrons. The van der Waals surface area contributed by atoms with Crippen LogP contribution in [0.3, 0.4) is 0 Å². The van der Waals surface area contributed by atoms with E-state index in [-0.39, 0.29) is 15.7 Å². The van der Waals surface area contributed by atoms with Crippen molar-refractivity contribution in [2.24, 2.45) is 11.6 Å². The van der Waals surface area contributed by atoms with Crippen LogP contribution in [-0.4, -0.2) is 17.4 Å². The highest BCUT2D eigenvalue weighted by atomic mass is 35.5. The van der Waals surface area contributed by atoms with Gasteiger partial charge in [0, 0.05) is 4.90 Å². The maximum absolute atomic E-state index is 12.4. The van der Waals surface area contributed by atoms with Gasteiger partial charge in [-0.05, 0) is 35.4 Å². The van der Waals surface area contributed by atoms with Gasteiger partial charge in [-0.2, -0.15) is 0 Å². The number of aliphatic carboxylic acids is 1. The molecule has 0 fully saturated rings. The number of benzene rings is 2. The standard InChI is InChI=1S/C16H13ClF3N3O3S/c17-11-6-3-9(7-12(11)26-16(18,19)20)8-1-4-10(5-2-8)27-14(21)13(23-22)15(24)25/h1-7,23H,21-22H2,(H,24,25)/b14-13+. The third-order valence-corrected chi connectivity index (χ3v) is 4.42. The average molecular weight is 420 g/mol. The summed E-state index contributed by atoms with van der Waals surface area (Å²) in [6.07, 6.45) is -4.86. The molecule has 144 valence electrons. The number of rotatable bonds is 6. The number of nitrogens with two attached hydrogens (primary N) is 2. The Bertz CT molecular complexity index is 873. The molecule has 0 unspecified atom stereocenters. The van der Waals surface area contributed by atoms with Crippen molar-refractivity contribution in [3.05, 3.63) is 58.2 Å². The van der Waals surface area contributed by atoms with Crippen LogP contribution in [0.5, 0.6) is 5.75 Å². The maximum atomic E-state index is 12.4. The molecule has 0 amide bonds. The number of carboxylic acid groups (broad SMARTS) is 1. The molecular weight excluding hydrogens is 407 g/mol. The van der Waals surface area contributed by atoms with Crippen LogP contribution in [0.4, 0.5) is 13.2 Å². The van der Waals surface area contributed by atoms with E-state index in [1.165, 1.54) is 12.1 Å². The lowest BCUT2D eigenvalue weighted by atomic mass is 10.1. The number of alkyl halides is 3. The molecule has 11 heteroatoms. The quantitative estimate of drug-likeness (QED) is 0.245. The zero-order valence-corrected chi connectivity index (χ0v) is 15.0. The third kappa shape index (κ3) is 5.71. The van der Waals surface area contributed by atoms with Gasteiger partial charge in [0.15, 0.2) is 5.70 Å². The van der Waals surface area contributed by atoms with Crippen molar-refractivity contribution in [2.45, 2.75) is 11.3 Å². The largest absolute Gasteiger partial charge is 0.573 e. The minimum atomic E-state index is -4.86. The first-order chi connectivity index (χ1) is 12.6. The van der Waals surface area contributed by atoms with Gasteiger partial charge in [-0.15, -0.1) is 13.2 Å². The van der Waals surface area contributed by atoms with Gasteiger partial charge < -0.3 is 21.0 Å². The molecule has 0 spiro atoms. The highest BCUT2D eigenvalue weighted by Gasteiger charge is 2.32. The Morgan fingerprint density at radius 3 is 2.26 bits per heavy atom. The number of hydrazine groups is 1. The number of hydrogen-bond donors (Lipinski definition) is 4. The molecule has 0 heterocycles. The average Bonchev–Trinajstić information content (AvgIpc) is 2.56. The van der Waals surface area contributed by atoms with Crippen molar-refractivity contribution in [3.63, 3.8) is 0 Å². The fraction of sp³-hybridized carbons (Fsp3) is 0.0625. The van der Waals surface area contributed by atoms with E-state index in [0.29, 0.717) is 16.0 Å². The molecule has 2 rings (SSSR count). The van der Waals surface area contributed by atoms with Gasteiger partial charge in [0.1, 0.15) is 10.8 Å². The van der Waals surface area contributed by atoms with Crippen molar-refractivity contribution in [1.82, 2.24) is 5.43 Å². The summed E-state index contributed by atoms with van der Waals surface area (Å²) < 4.78 is 41.2. The molecule has 2 aromatic rings. The Morgan fingerprint density at radius 1 is 1.15 bits per heavy atom. The third-order valence-electron chi connectivity index (χ3n) is 3.18. The van der Waals surface area contributed by atoms with E-state index in [1.807, 2.05) is 5.43 Å². The highest BCUT2D eigenvalue weighted by Crippen LogP contribution is 2.35. The van der Waals surface area contributed by atoms with Gasteiger partial charge in [0.2, 0.25) is 0 Å². The number of nitrogens with one attached hydrogen (secondary N) is 1. The zero-order valence-electron chi connectivity index (χ0n) is 13.4. The summed E-state index contributed by atoms with van der Waals surface area (Å²) in [7, 11) is 0. The van der Waals surface area contributed by atoms with Crippen LogP contribution in [0.25, 0.3) is 11.1 Å². The molecule has 0 saturated heterocycles. The Morgan fingerprint density at radius 2 is 1.74 bits per heavy atom. The normalized spacial score (nSPS) is 12.3. The molecule has 0 bridgehead atoms. The Hall–Kier alpha value is -2.56. The molecule has 0 aromatic heterocycles. The molecule has 6 N–H and O–H groups in total. The summed E-state index contributed by atoms with van der Waals surface area (Å²) in [6, 6.07) is 10.5. The van der Waals surface area contributed by atoms with Crippen molar-refractivity contribution < 1.29 is 27.8 Å². The van der Waals surface area contributed by atoms with Crippen LogP contribution in [0.2, 0.25) is 5.02 Å². The van der Waals surface area contributed by atoms with Crippen LogP contribution in [0.1, 0.15) is 0 Å². The number of carbonyl (C=O) groups is 1. The van der Waals surface area contributed by atoms with Crippen molar-refractivity contribution in [1.29, 1.82) is 0 Å². The SMILES string of the molecule is NN/C(C(=O)O)=C(\N)Sc1ccc(-c2ccc(Cl)c(OC(F)(F)F)c2)cc1. The summed E-state index contributed by atoms with van der Waals surface area (Å²) in [5.41, 5.74) is 8.39. The number of hydrogen-bond acceptors (Lipinski definition) is 6. The first-order valence-electron chi connectivity index (χ1n) is 7.14. The van der Waals surface area contributed by atoms with Crippen molar-refractivity contribution >= 4 is 29.3 Å². The van der Waals surface area contributed by atoms with Gasteiger partial charge in [0.25, 0.3) is 0 Å². The lowest BCUT2D eigenvalue weighted by Gasteiger charge is -2.12. The molecule has 0 saturated carbocycles. The van der Waals surface area contributed by atoms with E-state index >= 15 is 0 Å². The Labute approximate surface area is 160 Å². The predicted octanol–water partition coefficient (Wildman–Crippen LogP) is 3.67. The van der Waals surface area contributed by atoms with Crippen LogP contribution in [0.15, 0.2) is 58.1 Å². The fourth-order valence-corrected chi connectivity index (χ4v) is 2.95. The van der Waals surface area contributed by atoms with Crippen molar-refractivity contribution in [3.8, 4) is 16.9 Å². The second-order valence-electron chi connectivity index (χ2n) is 5.01. The Balaban J connectivity index is 2.25. The summed E-state index contributed by atoms with van der Waals surface area (Å²) in [5, 5.41) is 8.73. The number of halogens is 4. The zero-order chi connectivity index (χ0) is 20.2. The smallest absolute Gasteiger partial charge is 0.476 e. The summed E-state index contributed by atoms with van der Waals surface area (Å²) in [4.78, 5) is 11.6. The van der Waals surface area contributed by atoms with Crippen molar-refractivity contribution in [2.75, 3.05) is 0 Å². The topological polar surface area (TPSA) is 111 Å². The first kappa shape index (κ1) is 20.7. The molecule has 0 atom stereocenters. The molecular formula is C16H13ClF3N3O3S. The van der Waals surface area contributed by atoms with Gasteiger partial charge in [-0.1, -0.05) is 41.6 Å². The lowest BCUT2D eigenvalue weighted by molar-refractivity contribution is -0.274. The summed E-state index contributed by atoms with van der Waals surface area (Å²) in [5.74, 6) is 3.30. The monoisotopic (exact) mass is 419 g/mol. The van der Waals surface area contributed by atoms with E-state index in [2.05, 4.69) is 4.74 Å². The first-order valence-corrected chi connectivity index (χ1v) is 8.33. The molecule has 0 aliphatic carbocycles. The van der Waals surface area contributed by atoms with E-state index in [0.717, 1.165) is 11.8 Å². The molecule has 0 aliphatic heterocycles. The van der Waals surface area contributed by atoms with E-state index in [9.17, 15) is 18.0 Å². The molecule has 27 heavy (non-hydrogen) atoms. The number of thioether (sulfide) groups is 1. The maximum Gasteiger partial charge on any atom is 0.573 e. The van der Waals surface area contributed by atoms with Crippen LogP contribution >= 0.6 is 23.4 Å². The Kier molecular flexibility index (Phi) is 6.47. The second kappa shape index (κ2) is 8.42. The lowest BCUT2D eigenvalue weighted by Crippen LogP contribution is -2.29. The summed E-state index contributed by atoms with van der Waals surface area (Å²) >= 11 is 6.69. The van der Waals surface area contributed by atoms with Gasteiger partial charge in [0.05, 0.1) is 5.02 Å². The molecule has 0 aliphatic rings. The minimum absolute atomic E-state index is 0.0508. The predicted molar refractivity (Wildman–Crippen MR) is 95.6 cm³/mol. The fourth-order valence-electron chi connectivity index (χ4n) is 2.02. The molecule has 2 aromatic carbocycles. The van der Waals surface area contributed by atoms with E-state index < -0.39 is 18.1 Å². The van der Waals surface area contributed by atoms with Gasteiger partial charge in [-0.3, -0.25) is 5.84 Å². The number of ether oxygens (including phenoxy) is 1. The molecule has 6 nitrogen and oxygen atoms in total. The van der Waals surface area contributed by atoms with E-state index in [1.54, 1.807) is 30.3 Å². The van der Waals surface area contributed by atoms with Crippen LogP contribution in [-0.2, 0) is 4.79 Å². The number of carboxylic acids is 1. The van der Waals surface area contributed by atoms with E-state index in [4.69, 9.17) is 28.3 Å². The van der Waals surface area contributed by atoms with Gasteiger partial charge in [-0.25, -0.2) is 4.79 Å². The highest BCUT2D eigenvalue weighted by molar-refractivity contribution is 8.03. The summed E-state index contributed by atoms with van der Waals surface area (Å²) in [6.45, 7) is 0. The van der Waals surface area contributed by atoms with Crippen LogP contribution in [0, 0.1) is 0 Å². The minimum Gasteiger partial charge on any atom is -0.476 e.